The van der Waals surface area contributed by atoms with Crippen LogP contribution in [0.2, 0.25) is 0 Å². The second-order valence-electron chi connectivity index (χ2n) is 5.97. The third kappa shape index (κ3) is 3.85. The van der Waals surface area contributed by atoms with Gasteiger partial charge in [-0.25, -0.2) is 9.78 Å². The van der Waals surface area contributed by atoms with Crippen molar-refractivity contribution in [3.63, 3.8) is 0 Å². The number of hydrogen-bond acceptors (Lipinski definition) is 5. The Morgan fingerprint density at radius 2 is 2.25 bits per heavy atom. The van der Waals surface area contributed by atoms with Gasteiger partial charge in [-0.15, -0.1) is 0 Å². The quantitative estimate of drug-likeness (QED) is 0.930. The molecule has 6 heteroatoms. The summed E-state index contributed by atoms with van der Waals surface area (Å²) in [5, 5.41) is 4.27. The zero-order valence-corrected chi connectivity index (χ0v) is 13.5. The number of aromatic nitrogens is 1. The van der Waals surface area contributed by atoms with Gasteiger partial charge in [-0.2, -0.15) is 0 Å². The van der Waals surface area contributed by atoms with E-state index in [1.54, 1.807) is 16.2 Å². The van der Waals surface area contributed by atoms with Crippen molar-refractivity contribution in [1.29, 1.82) is 0 Å². The molecule has 5 nitrogen and oxygen atoms in total. The van der Waals surface area contributed by atoms with E-state index >= 15 is 0 Å². The summed E-state index contributed by atoms with van der Waals surface area (Å²) in [7, 11) is 0. The molecule has 1 amide bonds. The summed E-state index contributed by atoms with van der Waals surface area (Å²) in [4.78, 5) is 19.6. The maximum atomic E-state index is 12.1. The summed E-state index contributed by atoms with van der Waals surface area (Å²) in [5.41, 5.74) is 0.673. The maximum Gasteiger partial charge on any atom is 0.410 e. The number of ether oxygens (including phenoxy) is 1. The molecule has 1 aliphatic rings. The van der Waals surface area contributed by atoms with Crippen molar-refractivity contribution in [1.82, 2.24) is 9.88 Å². The number of fused-ring (bicyclic) bond motifs is 1. The van der Waals surface area contributed by atoms with E-state index in [0.717, 1.165) is 30.2 Å². The Hall–Kier alpha value is -1.30. The van der Waals surface area contributed by atoms with E-state index < -0.39 is 5.60 Å². The van der Waals surface area contributed by atoms with Crippen LogP contribution in [0.1, 0.15) is 44.7 Å². The van der Waals surface area contributed by atoms with Gasteiger partial charge in [0, 0.05) is 24.4 Å². The standard InChI is InChI=1S/C14H23N3O2S/c1-5-7-15-12-16-10-6-8-17(9-11(10)20-12)13(18)19-14(2,3)4/h5-9H2,1-4H3,(H,15,16). The topological polar surface area (TPSA) is 54.5 Å². The lowest BCUT2D eigenvalue weighted by molar-refractivity contribution is 0.0226. The summed E-state index contributed by atoms with van der Waals surface area (Å²) < 4.78 is 5.42. The van der Waals surface area contributed by atoms with Gasteiger partial charge in [0.15, 0.2) is 5.13 Å². The molecule has 0 aromatic carbocycles. The number of rotatable bonds is 3. The third-order valence-corrected chi connectivity index (χ3v) is 3.95. The number of hydrogen-bond donors (Lipinski definition) is 1. The normalized spacial score (nSPS) is 14.9. The summed E-state index contributed by atoms with van der Waals surface area (Å²) in [6, 6.07) is 0. The van der Waals surface area contributed by atoms with Gasteiger partial charge >= 0.3 is 6.09 Å². The molecule has 0 saturated carbocycles. The summed E-state index contributed by atoms with van der Waals surface area (Å²) in [5.74, 6) is 0. The molecule has 0 bridgehead atoms. The first-order valence-corrected chi connectivity index (χ1v) is 7.91. The van der Waals surface area contributed by atoms with E-state index in [2.05, 4.69) is 17.2 Å². The number of nitrogens with zero attached hydrogens (tertiary/aromatic N) is 2. The monoisotopic (exact) mass is 297 g/mol. The molecule has 1 aromatic rings. The average Bonchev–Trinajstić information content (AvgIpc) is 2.75. The molecule has 0 saturated heterocycles. The minimum Gasteiger partial charge on any atom is -0.444 e. The predicted molar refractivity (Wildman–Crippen MR) is 81.2 cm³/mol. The van der Waals surface area contributed by atoms with Gasteiger partial charge in [0.05, 0.1) is 12.2 Å². The molecular weight excluding hydrogens is 274 g/mol. The van der Waals surface area contributed by atoms with E-state index in [1.165, 1.54) is 4.88 Å². The minimum absolute atomic E-state index is 0.236. The molecule has 20 heavy (non-hydrogen) atoms. The van der Waals surface area contributed by atoms with Crippen molar-refractivity contribution in [3.05, 3.63) is 10.6 Å². The average molecular weight is 297 g/mol. The van der Waals surface area contributed by atoms with Crippen LogP contribution in [-0.2, 0) is 17.7 Å². The lowest BCUT2D eigenvalue weighted by Crippen LogP contribution is -2.39. The molecule has 2 rings (SSSR count). The Balaban J connectivity index is 1.99. The number of carbonyl (C=O) groups excluding carboxylic acids is 1. The van der Waals surface area contributed by atoms with Gasteiger partial charge in [0.2, 0.25) is 0 Å². The van der Waals surface area contributed by atoms with Gasteiger partial charge in [0.1, 0.15) is 5.60 Å². The highest BCUT2D eigenvalue weighted by atomic mass is 32.1. The van der Waals surface area contributed by atoms with Gasteiger partial charge in [-0.1, -0.05) is 18.3 Å². The van der Waals surface area contributed by atoms with E-state index in [4.69, 9.17) is 4.74 Å². The fourth-order valence-electron chi connectivity index (χ4n) is 1.99. The minimum atomic E-state index is -0.446. The van der Waals surface area contributed by atoms with Crippen molar-refractivity contribution in [3.8, 4) is 0 Å². The fraction of sp³-hybridized carbons (Fsp3) is 0.714. The van der Waals surface area contributed by atoms with E-state index in [-0.39, 0.29) is 6.09 Å². The first-order chi connectivity index (χ1) is 9.39. The molecule has 0 spiro atoms. The third-order valence-electron chi connectivity index (χ3n) is 2.91. The number of amides is 1. The Morgan fingerprint density at radius 3 is 2.90 bits per heavy atom. The van der Waals surface area contributed by atoms with Crippen molar-refractivity contribution in [2.24, 2.45) is 0 Å². The highest BCUT2D eigenvalue weighted by molar-refractivity contribution is 7.15. The molecule has 0 radical (unpaired) electrons. The second kappa shape index (κ2) is 5.99. The van der Waals surface area contributed by atoms with Gasteiger partial charge < -0.3 is 15.0 Å². The lowest BCUT2D eigenvalue weighted by atomic mass is 10.2. The Bertz CT molecular complexity index is 479. The van der Waals surface area contributed by atoms with E-state index in [1.807, 2.05) is 20.8 Å². The van der Waals surface area contributed by atoms with Crippen LogP contribution in [0, 0.1) is 0 Å². The Labute approximate surface area is 124 Å². The smallest absolute Gasteiger partial charge is 0.410 e. The van der Waals surface area contributed by atoms with Crippen LogP contribution in [-0.4, -0.2) is 34.7 Å². The van der Waals surface area contributed by atoms with Crippen LogP contribution in [0.15, 0.2) is 0 Å². The Morgan fingerprint density at radius 1 is 1.50 bits per heavy atom. The molecule has 1 aromatic heterocycles. The molecular formula is C14H23N3O2S. The predicted octanol–water partition coefficient (Wildman–Crippen LogP) is 3.26. The first kappa shape index (κ1) is 15.1. The first-order valence-electron chi connectivity index (χ1n) is 7.09. The van der Waals surface area contributed by atoms with Gasteiger partial charge in [0.25, 0.3) is 0 Å². The van der Waals surface area contributed by atoms with Crippen molar-refractivity contribution >= 4 is 22.6 Å². The maximum absolute atomic E-state index is 12.1. The highest BCUT2D eigenvalue weighted by Crippen LogP contribution is 2.29. The van der Waals surface area contributed by atoms with Crippen molar-refractivity contribution < 1.29 is 9.53 Å². The molecule has 2 heterocycles. The second-order valence-corrected chi connectivity index (χ2v) is 7.05. The van der Waals surface area contributed by atoms with Gasteiger partial charge in [-0.05, 0) is 27.2 Å². The zero-order valence-electron chi connectivity index (χ0n) is 12.7. The molecule has 0 unspecified atom stereocenters. The van der Waals surface area contributed by atoms with Gasteiger partial charge in [-0.3, -0.25) is 0 Å². The van der Waals surface area contributed by atoms with Crippen LogP contribution >= 0.6 is 11.3 Å². The van der Waals surface area contributed by atoms with Crippen LogP contribution in [0.5, 0.6) is 0 Å². The molecule has 0 atom stereocenters. The van der Waals surface area contributed by atoms with Crippen molar-refractivity contribution in [2.75, 3.05) is 18.4 Å². The number of anilines is 1. The highest BCUT2D eigenvalue weighted by Gasteiger charge is 2.27. The van der Waals surface area contributed by atoms with Crippen LogP contribution in [0.4, 0.5) is 9.93 Å². The van der Waals surface area contributed by atoms with E-state index in [0.29, 0.717) is 13.1 Å². The number of thiazole rings is 1. The zero-order chi connectivity index (χ0) is 14.8. The molecule has 0 aliphatic carbocycles. The molecule has 1 N–H and O–H groups in total. The van der Waals surface area contributed by atoms with Crippen molar-refractivity contribution in [2.45, 2.75) is 52.7 Å². The SMILES string of the molecule is CCCNc1nc2c(s1)CN(C(=O)OC(C)(C)C)CC2. The summed E-state index contributed by atoms with van der Waals surface area (Å²) in [6.07, 6.45) is 1.65. The summed E-state index contributed by atoms with van der Waals surface area (Å²) >= 11 is 1.64. The van der Waals surface area contributed by atoms with Crippen LogP contribution in [0.3, 0.4) is 0 Å². The lowest BCUT2D eigenvalue weighted by Gasteiger charge is -2.29. The number of nitrogens with one attached hydrogen (secondary N) is 1. The molecule has 112 valence electrons. The van der Waals surface area contributed by atoms with Crippen LogP contribution < -0.4 is 5.32 Å². The molecule has 1 aliphatic heterocycles. The number of carbonyl (C=O) groups is 1. The van der Waals surface area contributed by atoms with Crippen LogP contribution in [0.25, 0.3) is 0 Å². The molecule has 0 fully saturated rings. The van der Waals surface area contributed by atoms with E-state index in [9.17, 15) is 4.79 Å². The Kier molecular flexibility index (Phi) is 4.52. The fourth-order valence-corrected chi connectivity index (χ4v) is 3.03. The summed E-state index contributed by atoms with van der Waals surface area (Å²) in [6.45, 7) is 10.0. The largest absolute Gasteiger partial charge is 0.444 e.